The third-order valence-electron chi connectivity index (χ3n) is 2.35. The summed E-state index contributed by atoms with van der Waals surface area (Å²) in [6.07, 6.45) is 4.45. The van der Waals surface area contributed by atoms with Gasteiger partial charge in [0.15, 0.2) is 0 Å². The molecule has 1 unspecified atom stereocenters. The molecular formula is C9H13BN2. The Kier molecular flexibility index (Phi) is 2.13. The Hall–Kier alpha value is -0.825. The van der Waals surface area contributed by atoms with Crippen molar-refractivity contribution >= 4 is 13.3 Å². The topological polar surface area (TPSA) is 24.9 Å². The molecule has 3 heteroatoms. The molecule has 1 aliphatic heterocycles. The van der Waals surface area contributed by atoms with Crippen LogP contribution in [0.3, 0.4) is 0 Å². The van der Waals surface area contributed by atoms with Crippen LogP contribution < -0.4 is 10.8 Å². The normalized spacial score (nSPS) is 22.8. The molecular weight excluding hydrogens is 147 g/mol. The fourth-order valence-electron chi connectivity index (χ4n) is 1.62. The summed E-state index contributed by atoms with van der Waals surface area (Å²) in [5.41, 5.74) is 2.43. The van der Waals surface area contributed by atoms with Crippen LogP contribution in [-0.2, 0) is 0 Å². The van der Waals surface area contributed by atoms with Gasteiger partial charge in [0.25, 0.3) is 0 Å². The van der Waals surface area contributed by atoms with Crippen molar-refractivity contribution in [1.29, 1.82) is 0 Å². The van der Waals surface area contributed by atoms with Gasteiger partial charge in [-0.2, -0.15) is 0 Å². The van der Waals surface area contributed by atoms with Crippen molar-refractivity contribution in [3.63, 3.8) is 0 Å². The van der Waals surface area contributed by atoms with Gasteiger partial charge in [0.2, 0.25) is 0 Å². The van der Waals surface area contributed by atoms with Crippen molar-refractivity contribution in [2.75, 3.05) is 6.54 Å². The first-order chi connectivity index (χ1) is 5.86. The summed E-state index contributed by atoms with van der Waals surface area (Å²) in [6, 6.07) is 4.76. The monoisotopic (exact) mass is 160 g/mol. The van der Waals surface area contributed by atoms with Crippen LogP contribution in [-0.4, -0.2) is 19.4 Å². The highest BCUT2D eigenvalue weighted by Crippen LogP contribution is 2.19. The van der Waals surface area contributed by atoms with E-state index in [1.54, 1.807) is 0 Å². The van der Waals surface area contributed by atoms with Crippen LogP contribution in [0.1, 0.15) is 24.6 Å². The predicted octanol–water partition coefficient (Wildman–Crippen LogP) is -0.236. The number of hydrogen-bond acceptors (Lipinski definition) is 2. The SMILES string of the molecule is Bc1ccc(C2CCCN2)nc1. The molecule has 0 aliphatic carbocycles. The zero-order chi connectivity index (χ0) is 8.39. The first kappa shape index (κ1) is 7.81. The van der Waals surface area contributed by atoms with Gasteiger partial charge >= 0.3 is 0 Å². The zero-order valence-electron chi connectivity index (χ0n) is 7.38. The number of nitrogens with one attached hydrogen (secondary N) is 1. The third kappa shape index (κ3) is 1.51. The standard InChI is InChI=1S/C9H13BN2/c10-7-3-4-9(12-6-7)8-2-1-5-11-8/h3-4,6,8,11H,1-2,5,10H2. The van der Waals surface area contributed by atoms with Gasteiger partial charge in [0.05, 0.1) is 5.69 Å². The number of hydrogen-bond donors (Lipinski definition) is 1. The van der Waals surface area contributed by atoms with Crippen LogP contribution in [0.25, 0.3) is 0 Å². The highest BCUT2D eigenvalue weighted by atomic mass is 15.0. The summed E-state index contributed by atoms with van der Waals surface area (Å²) in [5.74, 6) is 0. The van der Waals surface area contributed by atoms with E-state index in [0.717, 1.165) is 6.54 Å². The van der Waals surface area contributed by atoms with E-state index in [1.807, 2.05) is 6.20 Å². The molecule has 0 aromatic carbocycles. The molecule has 1 saturated heterocycles. The first-order valence-corrected chi connectivity index (χ1v) is 4.52. The van der Waals surface area contributed by atoms with Gasteiger partial charge in [0, 0.05) is 12.2 Å². The Labute approximate surface area is 73.8 Å². The van der Waals surface area contributed by atoms with E-state index in [9.17, 15) is 0 Å². The molecule has 12 heavy (non-hydrogen) atoms. The van der Waals surface area contributed by atoms with E-state index in [2.05, 4.69) is 30.3 Å². The van der Waals surface area contributed by atoms with Crippen LogP contribution >= 0.6 is 0 Å². The van der Waals surface area contributed by atoms with Crippen molar-refractivity contribution in [3.05, 3.63) is 24.0 Å². The van der Waals surface area contributed by atoms with Gasteiger partial charge in [-0.15, -0.1) is 0 Å². The van der Waals surface area contributed by atoms with E-state index in [1.165, 1.54) is 24.0 Å². The minimum absolute atomic E-state index is 0.505. The molecule has 0 amide bonds. The van der Waals surface area contributed by atoms with Gasteiger partial charge < -0.3 is 5.32 Å². The maximum absolute atomic E-state index is 4.40. The van der Waals surface area contributed by atoms with Gasteiger partial charge in [-0.05, 0) is 25.5 Å². The molecule has 62 valence electrons. The number of aromatic nitrogens is 1. The van der Waals surface area contributed by atoms with Crippen molar-refractivity contribution in [1.82, 2.24) is 10.3 Å². The maximum atomic E-state index is 4.40. The third-order valence-corrected chi connectivity index (χ3v) is 2.35. The summed E-state index contributed by atoms with van der Waals surface area (Å²) in [6.45, 7) is 1.14. The second kappa shape index (κ2) is 3.27. The highest BCUT2D eigenvalue weighted by Gasteiger charge is 2.16. The summed E-state index contributed by atoms with van der Waals surface area (Å²) in [4.78, 5) is 4.40. The molecule has 0 saturated carbocycles. The number of nitrogens with zero attached hydrogens (tertiary/aromatic N) is 1. The fourth-order valence-corrected chi connectivity index (χ4v) is 1.62. The Morgan fingerprint density at radius 3 is 3.00 bits per heavy atom. The zero-order valence-corrected chi connectivity index (χ0v) is 7.38. The lowest BCUT2D eigenvalue weighted by Crippen LogP contribution is -2.15. The minimum atomic E-state index is 0.505. The fraction of sp³-hybridized carbons (Fsp3) is 0.444. The average molecular weight is 160 g/mol. The van der Waals surface area contributed by atoms with Crippen molar-refractivity contribution in [2.24, 2.45) is 0 Å². The Morgan fingerprint density at radius 2 is 2.42 bits per heavy atom. The molecule has 1 N–H and O–H groups in total. The molecule has 0 radical (unpaired) electrons. The van der Waals surface area contributed by atoms with Gasteiger partial charge in [-0.25, -0.2) is 0 Å². The van der Waals surface area contributed by atoms with Crippen LogP contribution in [0.15, 0.2) is 18.3 Å². The molecule has 1 atom stereocenters. The Balaban J connectivity index is 2.17. The van der Waals surface area contributed by atoms with Crippen LogP contribution in [0, 0.1) is 0 Å². The number of pyridine rings is 1. The number of rotatable bonds is 1. The Morgan fingerprint density at radius 1 is 1.50 bits per heavy atom. The van der Waals surface area contributed by atoms with Gasteiger partial charge in [-0.1, -0.05) is 11.5 Å². The van der Waals surface area contributed by atoms with E-state index < -0.39 is 0 Å². The molecule has 0 bridgehead atoms. The smallest absolute Gasteiger partial charge is 0.141 e. The maximum Gasteiger partial charge on any atom is 0.141 e. The molecule has 1 fully saturated rings. The lowest BCUT2D eigenvalue weighted by molar-refractivity contribution is 0.628. The van der Waals surface area contributed by atoms with Crippen LogP contribution in [0.2, 0.25) is 0 Å². The molecule has 2 heterocycles. The lowest BCUT2D eigenvalue weighted by atomic mass is 9.98. The predicted molar refractivity (Wildman–Crippen MR) is 52.4 cm³/mol. The van der Waals surface area contributed by atoms with E-state index in [4.69, 9.17) is 0 Å². The summed E-state index contributed by atoms with van der Waals surface area (Å²) in [7, 11) is 2.07. The highest BCUT2D eigenvalue weighted by molar-refractivity contribution is 6.31. The average Bonchev–Trinajstić information content (AvgIpc) is 2.58. The lowest BCUT2D eigenvalue weighted by Gasteiger charge is -2.08. The summed E-state index contributed by atoms with van der Waals surface area (Å²) in [5, 5.41) is 3.43. The van der Waals surface area contributed by atoms with Gasteiger partial charge in [-0.3, -0.25) is 4.98 Å². The largest absolute Gasteiger partial charge is 0.309 e. The molecule has 2 nitrogen and oxygen atoms in total. The van der Waals surface area contributed by atoms with Crippen LogP contribution in [0.4, 0.5) is 0 Å². The second-order valence-electron chi connectivity index (χ2n) is 3.41. The van der Waals surface area contributed by atoms with Crippen molar-refractivity contribution in [3.8, 4) is 0 Å². The van der Waals surface area contributed by atoms with Crippen molar-refractivity contribution in [2.45, 2.75) is 18.9 Å². The molecule has 1 aliphatic rings. The van der Waals surface area contributed by atoms with Crippen molar-refractivity contribution < 1.29 is 0 Å². The Bertz CT molecular complexity index is 252. The molecule has 1 aromatic heterocycles. The van der Waals surface area contributed by atoms with E-state index in [0.29, 0.717) is 6.04 Å². The second-order valence-corrected chi connectivity index (χ2v) is 3.41. The molecule has 2 rings (SSSR count). The van der Waals surface area contributed by atoms with E-state index in [-0.39, 0.29) is 0 Å². The summed E-state index contributed by atoms with van der Waals surface area (Å²) >= 11 is 0. The van der Waals surface area contributed by atoms with Gasteiger partial charge in [0.1, 0.15) is 7.85 Å². The minimum Gasteiger partial charge on any atom is -0.309 e. The first-order valence-electron chi connectivity index (χ1n) is 4.52. The summed E-state index contributed by atoms with van der Waals surface area (Å²) < 4.78 is 0. The quantitative estimate of drug-likeness (QED) is 0.573. The van der Waals surface area contributed by atoms with E-state index >= 15 is 0 Å². The van der Waals surface area contributed by atoms with Crippen LogP contribution in [0.5, 0.6) is 0 Å². The molecule has 1 aromatic rings. The molecule has 0 spiro atoms.